The molecule has 2 aromatic rings. The SMILES string of the molecule is C/C=C(\COC)N1C(=O)C2(CCC(NCc3cnc(-n4cnnn4)cn3)CC2)C[C@H]1C. The van der Waals surface area contributed by atoms with Gasteiger partial charge < -0.3 is 15.0 Å². The Morgan fingerprint density at radius 3 is 2.74 bits per heavy atom. The number of hydrogen-bond donors (Lipinski definition) is 1. The Morgan fingerprint density at radius 1 is 1.32 bits per heavy atom. The number of rotatable bonds is 7. The predicted molar refractivity (Wildman–Crippen MR) is 113 cm³/mol. The van der Waals surface area contributed by atoms with Crippen LogP contribution in [0.1, 0.15) is 51.6 Å². The highest BCUT2D eigenvalue weighted by Gasteiger charge is 2.52. The molecule has 1 aliphatic heterocycles. The van der Waals surface area contributed by atoms with Crippen LogP contribution in [0.5, 0.6) is 0 Å². The number of likely N-dealkylation sites (tertiary alicyclic amines) is 1. The molecule has 0 bridgehead atoms. The molecule has 1 atom stereocenters. The number of carbonyl (C=O) groups is 1. The quantitative estimate of drug-likeness (QED) is 0.711. The molecule has 1 N–H and O–H groups in total. The van der Waals surface area contributed by atoms with Gasteiger partial charge in [-0.2, -0.15) is 4.68 Å². The molecule has 31 heavy (non-hydrogen) atoms. The normalized spacial score (nSPS) is 26.7. The first-order valence-electron chi connectivity index (χ1n) is 10.8. The van der Waals surface area contributed by atoms with Crippen molar-refractivity contribution in [3.63, 3.8) is 0 Å². The predicted octanol–water partition coefficient (Wildman–Crippen LogP) is 1.64. The molecule has 2 fully saturated rings. The van der Waals surface area contributed by atoms with Gasteiger partial charge in [-0.25, -0.2) is 4.98 Å². The lowest BCUT2D eigenvalue weighted by molar-refractivity contribution is -0.137. The van der Waals surface area contributed by atoms with Gasteiger partial charge in [0.1, 0.15) is 6.33 Å². The molecule has 1 amide bonds. The summed E-state index contributed by atoms with van der Waals surface area (Å²) in [5, 5.41) is 14.6. The third kappa shape index (κ3) is 4.35. The standard InChI is InChI=1S/C21H30N8O2/c1-4-18(13-31-3)29-15(2)9-21(20(29)30)7-5-16(6-8-21)22-10-17-11-24-19(12-23-17)28-14-25-26-27-28/h4,11-12,14-16,22H,5-10,13H2,1-3H3/b18-4+/t15-,16?,21?/m1/s1. The molecule has 0 unspecified atom stereocenters. The summed E-state index contributed by atoms with van der Waals surface area (Å²) in [7, 11) is 1.67. The molecule has 10 nitrogen and oxygen atoms in total. The number of allylic oxidation sites excluding steroid dienone is 1. The number of nitrogens with zero attached hydrogens (tertiary/aromatic N) is 7. The number of hydrogen-bond acceptors (Lipinski definition) is 8. The Hall–Kier alpha value is -2.72. The monoisotopic (exact) mass is 426 g/mol. The molecule has 1 spiro atoms. The molecule has 3 heterocycles. The summed E-state index contributed by atoms with van der Waals surface area (Å²) in [5.74, 6) is 0.855. The largest absolute Gasteiger partial charge is 0.378 e. The number of ether oxygens (including phenoxy) is 1. The van der Waals surface area contributed by atoms with E-state index in [-0.39, 0.29) is 17.4 Å². The average Bonchev–Trinajstić information content (AvgIpc) is 3.40. The van der Waals surface area contributed by atoms with Crippen LogP contribution < -0.4 is 5.32 Å². The molecular formula is C21H30N8O2. The van der Waals surface area contributed by atoms with Crippen LogP contribution in [0.3, 0.4) is 0 Å². The third-order valence-electron chi connectivity index (χ3n) is 6.52. The third-order valence-corrected chi connectivity index (χ3v) is 6.52. The molecule has 166 valence electrons. The maximum absolute atomic E-state index is 13.4. The first-order chi connectivity index (χ1) is 15.1. The summed E-state index contributed by atoms with van der Waals surface area (Å²) in [5.41, 5.74) is 1.61. The van der Waals surface area contributed by atoms with Gasteiger partial charge in [0, 0.05) is 31.4 Å². The molecule has 2 aromatic heterocycles. The number of tetrazole rings is 1. The Balaban J connectivity index is 1.31. The lowest BCUT2D eigenvalue weighted by Gasteiger charge is -2.36. The zero-order chi connectivity index (χ0) is 21.8. The van der Waals surface area contributed by atoms with Gasteiger partial charge in [-0.15, -0.1) is 5.10 Å². The van der Waals surface area contributed by atoms with Gasteiger partial charge in [0.2, 0.25) is 5.91 Å². The van der Waals surface area contributed by atoms with E-state index in [1.807, 2.05) is 17.9 Å². The fraction of sp³-hybridized carbons (Fsp3) is 0.619. The Labute approximate surface area is 182 Å². The van der Waals surface area contributed by atoms with Crippen molar-refractivity contribution in [2.75, 3.05) is 13.7 Å². The van der Waals surface area contributed by atoms with E-state index in [9.17, 15) is 4.79 Å². The molecular weight excluding hydrogens is 396 g/mol. The molecule has 0 aromatic carbocycles. The first-order valence-corrected chi connectivity index (χ1v) is 10.8. The summed E-state index contributed by atoms with van der Waals surface area (Å²) in [4.78, 5) is 24.1. The van der Waals surface area contributed by atoms with Crippen LogP contribution in [-0.4, -0.2) is 66.8 Å². The number of aromatic nitrogens is 6. The van der Waals surface area contributed by atoms with Crippen molar-refractivity contribution >= 4 is 5.91 Å². The van der Waals surface area contributed by atoms with Crippen LogP contribution in [-0.2, 0) is 16.1 Å². The van der Waals surface area contributed by atoms with E-state index in [0.717, 1.165) is 43.5 Å². The van der Waals surface area contributed by atoms with E-state index in [2.05, 4.69) is 37.7 Å². The highest BCUT2D eigenvalue weighted by atomic mass is 16.5. The van der Waals surface area contributed by atoms with Crippen LogP contribution in [0.15, 0.2) is 30.5 Å². The van der Waals surface area contributed by atoms with Crippen molar-refractivity contribution in [3.8, 4) is 5.82 Å². The van der Waals surface area contributed by atoms with Crippen molar-refractivity contribution in [3.05, 3.63) is 36.2 Å². The van der Waals surface area contributed by atoms with Crippen molar-refractivity contribution in [1.29, 1.82) is 0 Å². The van der Waals surface area contributed by atoms with E-state index >= 15 is 0 Å². The maximum Gasteiger partial charge on any atom is 0.233 e. The number of carbonyl (C=O) groups excluding carboxylic acids is 1. The van der Waals surface area contributed by atoms with Crippen LogP contribution in [0, 0.1) is 5.41 Å². The van der Waals surface area contributed by atoms with Crippen molar-refractivity contribution in [2.45, 2.75) is 64.6 Å². The zero-order valence-electron chi connectivity index (χ0n) is 18.4. The molecule has 4 rings (SSSR count). The summed E-state index contributed by atoms with van der Waals surface area (Å²) < 4.78 is 6.78. The van der Waals surface area contributed by atoms with Gasteiger partial charge in [0.05, 0.1) is 30.1 Å². The van der Waals surface area contributed by atoms with E-state index in [1.54, 1.807) is 19.5 Å². The lowest BCUT2D eigenvalue weighted by atomic mass is 9.70. The van der Waals surface area contributed by atoms with E-state index in [0.29, 0.717) is 25.0 Å². The van der Waals surface area contributed by atoms with Gasteiger partial charge in [-0.3, -0.25) is 9.78 Å². The minimum Gasteiger partial charge on any atom is -0.378 e. The smallest absolute Gasteiger partial charge is 0.233 e. The second-order valence-corrected chi connectivity index (χ2v) is 8.50. The average molecular weight is 427 g/mol. The molecule has 0 radical (unpaired) electrons. The van der Waals surface area contributed by atoms with Gasteiger partial charge in [0.25, 0.3) is 0 Å². The Kier molecular flexibility index (Phi) is 6.38. The minimum absolute atomic E-state index is 0.215. The summed E-state index contributed by atoms with van der Waals surface area (Å²) >= 11 is 0. The highest BCUT2D eigenvalue weighted by Crippen LogP contribution is 2.48. The van der Waals surface area contributed by atoms with E-state index < -0.39 is 0 Å². The zero-order valence-corrected chi connectivity index (χ0v) is 18.4. The fourth-order valence-corrected chi connectivity index (χ4v) is 4.92. The van der Waals surface area contributed by atoms with Crippen LogP contribution in [0.4, 0.5) is 0 Å². The van der Waals surface area contributed by atoms with Crippen LogP contribution >= 0.6 is 0 Å². The van der Waals surface area contributed by atoms with Crippen molar-refractivity contribution < 1.29 is 9.53 Å². The summed E-state index contributed by atoms with van der Waals surface area (Å²) in [6.07, 6.45) is 11.6. The van der Waals surface area contributed by atoms with Gasteiger partial charge in [-0.05, 0) is 56.4 Å². The van der Waals surface area contributed by atoms with Gasteiger partial charge in [0.15, 0.2) is 5.82 Å². The van der Waals surface area contributed by atoms with E-state index in [1.165, 1.54) is 11.0 Å². The number of methoxy groups -OCH3 is 1. The molecule has 10 heteroatoms. The van der Waals surface area contributed by atoms with Crippen LogP contribution in [0.2, 0.25) is 0 Å². The summed E-state index contributed by atoms with van der Waals surface area (Å²) in [6.45, 7) is 5.24. The maximum atomic E-state index is 13.4. The Morgan fingerprint density at radius 2 is 2.13 bits per heavy atom. The number of nitrogens with one attached hydrogen (secondary N) is 1. The second-order valence-electron chi connectivity index (χ2n) is 8.50. The van der Waals surface area contributed by atoms with Crippen LogP contribution in [0.25, 0.3) is 5.82 Å². The minimum atomic E-state index is -0.229. The summed E-state index contributed by atoms with van der Waals surface area (Å²) in [6, 6.07) is 0.594. The first kappa shape index (κ1) is 21.5. The van der Waals surface area contributed by atoms with Crippen molar-refractivity contribution in [2.24, 2.45) is 5.41 Å². The van der Waals surface area contributed by atoms with Crippen molar-refractivity contribution in [1.82, 2.24) is 40.4 Å². The molecule has 1 saturated heterocycles. The molecule has 1 saturated carbocycles. The second kappa shape index (κ2) is 9.19. The van der Waals surface area contributed by atoms with Gasteiger partial charge >= 0.3 is 0 Å². The van der Waals surface area contributed by atoms with E-state index in [4.69, 9.17) is 4.74 Å². The molecule has 2 aliphatic rings. The highest BCUT2D eigenvalue weighted by molar-refractivity contribution is 5.87. The topological polar surface area (TPSA) is 111 Å². The Bertz CT molecular complexity index is 904. The fourth-order valence-electron chi connectivity index (χ4n) is 4.92. The number of amides is 1. The lowest BCUT2D eigenvalue weighted by Crippen LogP contribution is -2.42. The molecule has 1 aliphatic carbocycles. The van der Waals surface area contributed by atoms with Gasteiger partial charge in [-0.1, -0.05) is 6.08 Å².